The molecule has 168 valence electrons. The van der Waals surface area contributed by atoms with Gasteiger partial charge in [-0.3, -0.25) is 4.79 Å². The fourth-order valence-electron chi connectivity index (χ4n) is 4.88. The van der Waals surface area contributed by atoms with Gasteiger partial charge in [-0.25, -0.2) is 8.78 Å². The van der Waals surface area contributed by atoms with Crippen LogP contribution in [-0.2, 0) is 10.2 Å². The van der Waals surface area contributed by atoms with Gasteiger partial charge in [0, 0.05) is 18.7 Å². The smallest absolute Gasteiger partial charge is 0.230 e. The van der Waals surface area contributed by atoms with E-state index >= 15 is 4.39 Å². The maximum Gasteiger partial charge on any atom is 0.230 e. The number of rotatable bonds is 6. The molecule has 0 atom stereocenters. The van der Waals surface area contributed by atoms with Crippen molar-refractivity contribution < 1.29 is 13.6 Å². The molecule has 1 aromatic carbocycles. The second kappa shape index (κ2) is 9.33. The molecule has 0 unspecified atom stereocenters. The van der Waals surface area contributed by atoms with Crippen molar-refractivity contribution in [3.05, 3.63) is 35.6 Å². The van der Waals surface area contributed by atoms with E-state index in [1.54, 1.807) is 18.2 Å². The van der Waals surface area contributed by atoms with Crippen LogP contribution in [0.2, 0.25) is 0 Å². The summed E-state index contributed by atoms with van der Waals surface area (Å²) in [6.45, 7) is 9.13. The largest absolute Gasteiger partial charge is 0.352 e. The Labute approximate surface area is 180 Å². The summed E-state index contributed by atoms with van der Waals surface area (Å²) in [7, 11) is 0. The number of amides is 1. The molecule has 3 nitrogen and oxygen atoms in total. The van der Waals surface area contributed by atoms with E-state index in [0.717, 1.165) is 45.3 Å². The number of hydrogen-bond acceptors (Lipinski definition) is 2. The molecule has 0 bridgehead atoms. The normalized spacial score (nSPS) is 21.9. The molecule has 1 saturated heterocycles. The second-order valence-corrected chi connectivity index (χ2v) is 10.6. The van der Waals surface area contributed by atoms with Crippen LogP contribution in [-0.4, -0.2) is 42.7 Å². The van der Waals surface area contributed by atoms with Crippen LogP contribution < -0.4 is 5.32 Å². The number of carbonyl (C=O) groups is 1. The summed E-state index contributed by atoms with van der Waals surface area (Å²) in [5, 5.41) is 2.90. The Morgan fingerprint density at radius 1 is 1.07 bits per heavy atom. The van der Waals surface area contributed by atoms with Crippen molar-refractivity contribution in [2.75, 3.05) is 26.2 Å². The Balaban J connectivity index is 1.60. The Morgan fingerprint density at radius 3 is 2.30 bits per heavy atom. The maximum atomic E-state index is 15.4. The van der Waals surface area contributed by atoms with Crippen molar-refractivity contribution in [2.45, 2.75) is 83.2 Å². The van der Waals surface area contributed by atoms with E-state index in [2.05, 4.69) is 31.0 Å². The highest BCUT2D eigenvalue weighted by molar-refractivity contribution is 5.88. The minimum atomic E-state index is -1.38. The molecule has 2 aliphatic rings. The molecule has 30 heavy (non-hydrogen) atoms. The van der Waals surface area contributed by atoms with Gasteiger partial charge in [-0.15, -0.1) is 0 Å². The quantitative estimate of drug-likeness (QED) is 0.670. The third-order valence-electron chi connectivity index (χ3n) is 7.03. The Kier molecular flexibility index (Phi) is 7.21. The van der Waals surface area contributed by atoms with Gasteiger partial charge >= 0.3 is 0 Å². The number of halogens is 2. The number of benzene rings is 1. The highest BCUT2D eigenvalue weighted by Gasteiger charge is 2.44. The lowest BCUT2D eigenvalue weighted by atomic mass is 9.68. The highest BCUT2D eigenvalue weighted by Crippen LogP contribution is 2.41. The van der Waals surface area contributed by atoms with E-state index in [9.17, 15) is 9.18 Å². The first-order chi connectivity index (χ1) is 14.1. The van der Waals surface area contributed by atoms with Crippen LogP contribution in [0.1, 0.15) is 77.7 Å². The van der Waals surface area contributed by atoms with E-state index in [4.69, 9.17) is 0 Å². The number of hydrogen-bond donors (Lipinski definition) is 1. The van der Waals surface area contributed by atoms with Crippen molar-refractivity contribution in [3.63, 3.8) is 0 Å². The van der Waals surface area contributed by atoms with Gasteiger partial charge in [0.15, 0.2) is 0 Å². The molecule has 0 aromatic heterocycles. The summed E-state index contributed by atoms with van der Waals surface area (Å²) in [5.74, 6) is -0.545. The Bertz CT molecular complexity index is 714. The molecule has 2 fully saturated rings. The molecular formula is C25H38F2N2O. The third kappa shape index (κ3) is 5.60. The van der Waals surface area contributed by atoms with Crippen LogP contribution in [0.15, 0.2) is 24.3 Å². The summed E-state index contributed by atoms with van der Waals surface area (Å²) in [4.78, 5) is 15.6. The zero-order valence-electron chi connectivity index (χ0n) is 18.9. The van der Waals surface area contributed by atoms with Gasteiger partial charge in [0.25, 0.3) is 0 Å². The number of nitrogens with one attached hydrogen (secondary N) is 1. The Hall–Kier alpha value is -1.49. The fraction of sp³-hybridized carbons (Fsp3) is 0.720. The molecule has 1 aliphatic heterocycles. The van der Waals surface area contributed by atoms with Gasteiger partial charge in [0.1, 0.15) is 11.5 Å². The van der Waals surface area contributed by atoms with Gasteiger partial charge in [-0.1, -0.05) is 58.2 Å². The fourth-order valence-corrected chi connectivity index (χ4v) is 4.88. The predicted octanol–water partition coefficient (Wildman–Crippen LogP) is 5.38. The second-order valence-electron chi connectivity index (χ2n) is 10.6. The predicted molar refractivity (Wildman–Crippen MR) is 118 cm³/mol. The monoisotopic (exact) mass is 420 g/mol. The maximum absolute atomic E-state index is 15.4. The van der Waals surface area contributed by atoms with Gasteiger partial charge < -0.3 is 10.2 Å². The van der Waals surface area contributed by atoms with Gasteiger partial charge in [-0.05, 0) is 50.1 Å². The zero-order chi connectivity index (χ0) is 21.8. The van der Waals surface area contributed by atoms with Crippen molar-refractivity contribution >= 4 is 5.91 Å². The van der Waals surface area contributed by atoms with Crippen LogP contribution in [0.5, 0.6) is 0 Å². The summed E-state index contributed by atoms with van der Waals surface area (Å²) in [5.41, 5.74) is -1.50. The van der Waals surface area contributed by atoms with Crippen LogP contribution in [0.25, 0.3) is 0 Å². The van der Waals surface area contributed by atoms with Crippen LogP contribution in [0.3, 0.4) is 0 Å². The molecule has 1 N–H and O–H groups in total. The Morgan fingerprint density at radius 2 is 1.70 bits per heavy atom. The summed E-state index contributed by atoms with van der Waals surface area (Å²) in [6.07, 6.45) is 6.05. The van der Waals surface area contributed by atoms with Crippen molar-refractivity contribution in [1.29, 1.82) is 0 Å². The third-order valence-corrected chi connectivity index (χ3v) is 7.03. The lowest BCUT2D eigenvalue weighted by Gasteiger charge is -2.40. The molecule has 3 rings (SSSR count). The van der Waals surface area contributed by atoms with Crippen molar-refractivity contribution in [2.24, 2.45) is 5.41 Å². The topological polar surface area (TPSA) is 32.3 Å². The molecule has 1 aromatic rings. The molecule has 1 amide bonds. The molecule has 1 aliphatic carbocycles. The molecule has 0 radical (unpaired) electrons. The van der Waals surface area contributed by atoms with E-state index in [0.29, 0.717) is 31.2 Å². The van der Waals surface area contributed by atoms with Crippen molar-refractivity contribution in [3.8, 4) is 0 Å². The van der Waals surface area contributed by atoms with E-state index in [1.807, 2.05) is 0 Å². The first-order valence-electron chi connectivity index (χ1n) is 11.6. The number of carbonyl (C=O) groups excluding carboxylic acids is 1. The lowest BCUT2D eigenvalue weighted by molar-refractivity contribution is -0.129. The minimum absolute atomic E-state index is 0.0230. The van der Waals surface area contributed by atoms with Crippen LogP contribution in [0, 0.1) is 11.2 Å². The van der Waals surface area contributed by atoms with E-state index in [-0.39, 0.29) is 23.7 Å². The number of piperidine rings is 1. The molecular weight excluding hydrogens is 382 g/mol. The molecule has 5 heteroatoms. The van der Waals surface area contributed by atoms with Gasteiger partial charge in [-0.2, -0.15) is 0 Å². The zero-order valence-corrected chi connectivity index (χ0v) is 18.9. The molecule has 1 heterocycles. The first kappa shape index (κ1) is 23.2. The summed E-state index contributed by atoms with van der Waals surface area (Å²) >= 11 is 0. The van der Waals surface area contributed by atoms with Crippen LogP contribution >= 0.6 is 0 Å². The van der Waals surface area contributed by atoms with Gasteiger partial charge in [0.05, 0.1) is 12.0 Å². The highest BCUT2D eigenvalue weighted by atomic mass is 19.1. The SMILES string of the molecule is CC(C)(C)CCN1CCC(F)(CNC(=O)C2(c3ccccc3F)CCCCC2)CC1. The lowest BCUT2D eigenvalue weighted by Crippen LogP contribution is -2.53. The van der Waals surface area contributed by atoms with Crippen LogP contribution in [0.4, 0.5) is 8.78 Å². The average Bonchev–Trinajstić information content (AvgIpc) is 2.72. The molecule has 0 spiro atoms. The van der Waals surface area contributed by atoms with E-state index < -0.39 is 11.1 Å². The molecule has 1 saturated carbocycles. The number of alkyl halides is 1. The minimum Gasteiger partial charge on any atom is -0.352 e. The first-order valence-corrected chi connectivity index (χ1v) is 11.6. The summed E-state index contributed by atoms with van der Waals surface area (Å²) < 4.78 is 30.0. The van der Waals surface area contributed by atoms with E-state index in [1.165, 1.54) is 6.07 Å². The standard InChI is InChI=1S/C25H38F2N2O/c1-23(2,3)13-16-29-17-14-24(27,15-18-29)19-28-22(30)25(11-7-4-8-12-25)20-9-5-6-10-21(20)26/h5-6,9-10H,4,7-8,11-19H2,1-3H3,(H,28,30). The van der Waals surface area contributed by atoms with Crippen molar-refractivity contribution in [1.82, 2.24) is 10.2 Å². The average molecular weight is 421 g/mol. The summed E-state index contributed by atoms with van der Waals surface area (Å²) in [6, 6.07) is 6.57. The van der Waals surface area contributed by atoms with Gasteiger partial charge in [0.2, 0.25) is 5.91 Å². The number of likely N-dealkylation sites (tertiary alicyclic amines) is 1. The number of nitrogens with zero attached hydrogens (tertiary/aromatic N) is 1.